The Bertz CT molecular complexity index is 723. The van der Waals surface area contributed by atoms with Crippen LogP contribution in [0, 0.1) is 23.2 Å². The summed E-state index contributed by atoms with van der Waals surface area (Å²) in [5, 5.41) is 20.1. The molecule has 3 fully saturated rings. The van der Waals surface area contributed by atoms with Gasteiger partial charge in [-0.3, -0.25) is 4.79 Å². The van der Waals surface area contributed by atoms with Crippen LogP contribution in [-0.4, -0.2) is 27.7 Å². The van der Waals surface area contributed by atoms with E-state index < -0.39 is 11.7 Å². The summed E-state index contributed by atoms with van der Waals surface area (Å²) in [6.45, 7) is 12.8. The lowest BCUT2D eigenvalue weighted by Gasteiger charge is -2.44. The van der Waals surface area contributed by atoms with Gasteiger partial charge in [-0.2, -0.15) is 0 Å². The van der Waals surface area contributed by atoms with E-state index in [2.05, 4.69) is 32.6 Å². The summed E-state index contributed by atoms with van der Waals surface area (Å²) in [5.41, 5.74) is 2.95. The van der Waals surface area contributed by atoms with Crippen molar-refractivity contribution >= 4 is 5.78 Å². The summed E-state index contributed by atoms with van der Waals surface area (Å²) < 4.78 is 0. The molecular weight excluding hydrogens is 372 g/mol. The summed E-state index contributed by atoms with van der Waals surface area (Å²) in [6, 6.07) is 0. The number of Topliss-reactive ketones (excluding diaryl/α,β-unsaturated/α-hetero) is 1. The van der Waals surface area contributed by atoms with Crippen LogP contribution in [0.5, 0.6) is 0 Å². The molecule has 3 aliphatic carbocycles. The molecule has 0 aromatic heterocycles. The average molecular weight is 415 g/mol. The molecule has 0 saturated heterocycles. The number of fused-ring (bicyclic) bond motifs is 1. The highest BCUT2D eigenvalue weighted by Crippen LogP contribution is 2.60. The lowest BCUT2D eigenvalue weighted by molar-refractivity contribution is -0.120. The normalized spacial score (nSPS) is 36.4. The van der Waals surface area contributed by atoms with Gasteiger partial charge < -0.3 is 10.2 Å². The van der Waals surface area contributed by atoms with Crippen LogP contribution < -0.4 is 0 Å². The van der Waals surface area contributed by atoms with E-state index in [1.165, 1.54) is 37.7 Å². The van der Waals surface area contributed by atoms with Crippen molar-refractivity contribution in [3.63, 3.8) is 0 Å². The second-order valence-electron chi connectivity index (χ2n) is 11.2. The molecule has 2 N–H and O–H groups in total. The number of aliphatic hydroxyl groups is 2. The Morgan fingerprint density at radius 3 is 2.73 bits per heavy atom. The number of allylic oxidation sites excluding steroid dienone is 3. The maximum atomic E-state index is 11.9. The number of carbonyl (C=O) groups is 1. The van der Waals surface area contributed by atoms with Crippen molar-refractivity contribution in [2.75, 3.05) is 0 Å². The van der Waals surface area contributed by atoms with Crippen LogP contribution in [0.25, 0.3) is 0 Å². The Kier molecular flexibility index (Phi) is 7.14. The van der Waals surface area contributed by atoms with E-state index >= 15 is 0 Å². The molecule has 0 radical (unpaired) electrons. The van der Waals surface area contributed by atoms with Crippen molar-refractivity contribution in [3.05, 3.63) is 35.5 Å². The van der Waals surface area contributed by atoms with Crippen molar-refractivity contribution in [1.82, 2.24) is 0 Å². The highest BCUT2D eigenvalue weighted by atomic mass is 16.3. The maximum Gasteiger partial charge on any atom is 0.140 e. The second kappa shape index (κ2) is 9.12. The first-order chi connectivity index (χ1) is 14.0. The fraction of sp³-hybridized carbons (Fsp3) is 0.741. The van der Waals surface area contributed by atoms with Gasteiger partial charge in [0.25, 0.3) is 0 Å². The monoisotopic (exact) mass is 414 g/mol. The van der Waals surface area contributed by atoms with Gasteiger partial charge in [-0.25, -0.2) is 0 Å². The number of hydrogen-bond donors (Lipinski definition) is 2. The van der Waals surface area contributed by atoms with Gasteiger partial charge >= 0.3 is 0 Å². The summed E-state index contributed by atoms with van der Waals surface area (Å²) in [5.74, 6) is 2.16. The molecule has 3 rings (SSSR count). The van der Waals surface area contributed by atoms with Crippen molar-refractivity contribution in [2.45, 2.75) is 104 Å². The first kappa shape index (κ1) is 23.5. The van der Waals surface area contributed by atoms with Gasteiger partial charge in [0.1, 0.15) is 5.78 Å². The molecule has 168 valence electrons. The van der Waals surface area contributed by atoms with Crippen LogP contribution in [0.15, 0.2) is 35.5 Å². The van der Waals surface area contributed by atoms with Gasteiger partial charge in [0.15, 0.2) is 0 Å². The van der Waals surface area contributed by atoms with Crippen LogP contribution >= 0.6 is 0 Å². The van der Waals surface area contributed by atoms with Crippen LogP contribution in [-0.2, 0) is 4.79 Å². The largest absolute Gasteiger partial charge is 0.390 e. The highest BCUT2D eigenvalue weighted by molar-refractivity contribution is 5.85. The third-order valence-corrected chi connectivity index (χ3v) is 8.29. The fourth-order valence-corrected chi connectivity index (χ4v) is 6.60. The summed E-state index contributed by atoms with van der Waals surface area (Å²) in [4.78, 5) is 11.9. The number of carbonyl (C=O) groups excluding carboxylic acids is 1. The quantitative estimate of drug-likeness (QED) is 0.568. The molecule has 0 amide bonds. The molecule has 30 heavy (non-hydrogen) atoms. The Hall–Kier alpha value is -1.19. The Morgan fingerprint density at radius 1 is 1.30 bits per heavy atom. The van der Waals surface area contributed by atoms with Gasteiger partial charge in [-0.1, -0.05) is 51.0 Å². The van der Waals surface area contributed by atoms with E-state index in [0.29, 0.717) is 23.7 Å². The molecule has 3 heteroatoms. The highest BCUT2D eigenvalue weighted by Gasteiger charge is 2.50. The molecule has 1 unspecified atom stereocenters. The van der Waals surface area contributed by atoms with Crippen LogP contribution in [0.3, 0.4) is 0 Å². The molecule has 0 aromatic rings. The smallest absolute Gasteiger partial charge is 0.140 e. The molecule has 3 aliphatic rings. The maximum absolute atomic E-state index is 11.9. The second-order valence-corrected chi connectivity index (χ2v) is 11.2. The average Bonchev–Trinajstić information content (AvgIpc) is 3.00. The van der Waals surface area contributed by atoms with E-state index in [-0.39, 0.29) is 12.2 Å². The number of ketones is 1. The SMILES string of the molecule is C=C1C(=CC=C2CCC[C@@]3(C)C2CC[C@@H]3[C@H](C)CCCC(C)(C)O)CC(=O)C[C@@H]1O. The van der Waals surface area contributed by atoms with Gasteiger partial charge in [0.2, 0.25) is 0 Å². The predicted molar refractivity (Wildman–Crippen MR) is 123 cm³/mol. The van der Waals surface area contributed by atoms with Gasteiger partial charge in [0.05, 0.1) is 11.7 Å². The third kappa shape index (κ3) is 5.16. The van der Waals surface area contributed by atoms with E-state index in [4.69, 9.17) is 0 Å². The molecule has 0 bridgehead atoms. The van der Waals surface area contributed by atoms with Crippen LogP contribution in [0.4, 0.5) is 0 Å². The number of aliphatic hydroxyl groups excluding tert-OH is 1. The zero-order valence-electron chi connectivity index (χ0n) is 19.5. The minimum atomic E-state index is -0.715. The first-order valence-corrected chi connectivity index (χ1v) is 12.0. The topological polar surface area (TPSA) is 57.5 Å². The van der Waals surface area contributed by atoms with Crippen LogP contribution in [0.1, 0.15) is 91.9 Å². The minimum absolute atomic E-state index is 0.105. The number of rotatable bonds is 6. The standard InChI is InChI=1S/C27H42O3/c1-18(8-6-14-26(3,4)30)23-12-13-24-20(9-7-15-27(23,24)5)10-11-21-16-22(28)17-25(29)19(21)2/h10-11,18,23-25,29-30H,2,6-9,12-17H2,1,3-5H3/t18-,23-,24?,25+,27-/m1/s1. The molecular formula is C27H42O3. The van der Waals surface area contributed by atoms with Crippen molar-refractivity contribution in [1.29, 1.82) is 0 Å². The Balaban J connectivity index is 1.71. The lowest BCUT2D eigenvalue weighted by atomic mass is 9.60. The fourth-order valence-electron chi connectivity index (χ4n) is 6.60. The lowest BCUT2D eigenvalue weighted by Crippen LogP contribution is -2.36. The predicted octanol–water partition coefficient (Wildman–Crippen LogP) is 5.91. The van der Waals surface area contributed by atoms with E-state index in [9.17, 15) is 15.0 Å². The van der Waals surface area contributed by atoms with Crippen LogP contribution in [0.2, 0.25) is 0 Å². The number of hydrogen-bond acceptors (Lipinski definition) is 3. The van der Waals surface area contributed by atoms with E-state index in [1.54, 1.807) is 0 Å². The van der Waals surface area contributed by atoms with Crippen molar-refractivity contribution in [3.8, 4) is 0 Å². The van der Waals surface area contributed by atoms with E-state index in [1.807, 2.05) is 13.8 Å². The van der Waals surface area contributed by atoms with Gasteiger partial charge in [-0.15, -0.1) is 0 Å². The molecule has 3 saturated carbocycles. The summed E-state index contributed by atoms with van der Waals surface area (Å²) in [6.07, 6.45) is 13.6. The molecule has 0 heterocycles. The summed E-state index contributed by atoms with van der Waals surface area (Å²) >= 11 is 0. The zero-order chi connectivity index (χ0) is 22.1. The summed E-state index contributed by atoms with van der Waals surface area (Å²) in [7, 11) is 0. The first-order valence-electron chi connectivity index (χ1n) is 12.0. The molecule has 5 atom stereocenters. The zero-order valence-corrected chi connectivity index (χ0v) is 19.5. The van der Waals surface area contributed by atoms with Crippen molar-refractivity contribution in [2.24, 2.45) is 23.2 Å². The van der Waals surface area contributed by atoms with Gasteiger partial charge in [-0.05, 0) is 86.7 Å². The Morgan fingerprint density at radius 2 is 2.03 bits per heavy atom. The Labute approximate surface area is 183 Å². The molecule has 3 nitrogen and oxygen atoms in total. The molecule has 0 aromatic carbocycles. The third-order valence-electron chi connectivity index (χ3n) is 8.29. The molecule has 0 spiro atoms. The van der Waals surface area contributed by atoms with Gasteiger partial charge in [0, 0.05) is 12.8 Å². The molecule has 0 aliphatic heterocycles. The van der Waals surface area contributed by atoms with E-state index in [0.717, 1.165) is 36.3 Å². The van der Waals surface area contributed by atoms with Crippen molar-refractivity contribution < 1.29 is 15.0 Å². The minimum Gasteiger partial charge on any atom is -0.390 e.